The zero-order valence-corrected chi connectivity index (χ0v) is 17.8. The van der Waals surface area contributed by atoms with Crippen molar-refractivity contribution in [3.05, 3.63) is 60.3 Å². The molecule has 1 aliphatic carbocycles. The maximum Gasteiger partial charge on any atom is 0.434 e. The number of alkyl halides is 3. The third-order valence-electron chi connectivity index (χ3n) is 6.52. The molecule has 5 rings (SSSR count). The molecule has 2 bridgehead atoms. The standard InChI is InChI=1S/C22H22F3N7O/c1-2-16-13-9-15(30-20-12-26-19(11-27-20)22(23,24)25)18(10-13)31(16)21(33)14-5-3-4-6-17(14)32-28-7-8-29-32/h3-8,11-13,15-16,18H,2,9-10H2,1H3,(H,27,30)/t13-,15-,16-,18+/m1/s1. The zero-order valence-electron chi connectivity index (χ0n) is 17.8. The summed E-state index contributed by atoms with van der Waals surface area (Å²) in [6, 6.07) is 7.08. The van der Waals surface area contributed by atoms with E-state index < -0.39 is 11.9 Å². The number of fused-ring (bicyclic) bond motifs is 2. The van der Waals surface area contributed by atoms with Gasteiger partial charge in [0.05, 0.1) is 42.1 Å². The van der Waals surface area contributed by atoms with Gasteiger partial charge in [-0.2, -0.15) is 28.2 Å². The van der Waals surface area contributed by atoms with Gasteiger partial charge in [0.25, 0.3) is 5.91 Å². The van der Waals surface area contributed by atoms with Crippen molar-refractivity contribution in [2.24, 2.45) is 5.92 Å². The van der Waals surface area contributed by atoms with E-state index in [2.05, 4.69) is 32.4 Å². The predicted octanol–water partition coefficient (Wildman–Crippen LogP) is 3.57. The summed E-state index contributed by atoms with van der Waals surface area (Å²) in [5.41, 5.74) is 0.0729. The molecular formula is C22H22F3N7O. The smallest absolute Gasteiger partial charge is 0.364 e. The average molecular weight is 457 g/mol. The Morgan fingerprint density at radius 1 is 1.12 bits per heavy atom. The van der Waals surface area contributed by atoms with Crippen molar-refractivity contribution in [1.29, 1.82) is 0 Å². The molecule has 33 heavy (non-hydrogen) atoms. The molecule has 3 aromatic rings. The Morgan fingerprint density at radius 2 is 1.88 bits per heavy atom. The fourth-order valence-electron chi connectivity index (χ4n) is 5.18. The van der Waals surface area contributed by atoms with Crippen LogP contribution in [0.4, 0.5) is 19.0 Å². The van der Waals surface area contributed by atoms with E-state index >= 15 is 0 Å². The Balaban J connectivity index is 1.40. The molecule has 172 valence electrons. The monoisotopic (exact) mass is 457 g/mol. The van der Waals surface area contributed by atoms with Crippen LogP contribution in [-0.4, -0.2) is 53.9 Å². The molecule has 0 spiro atoms. The summed E-state index contributed by atoms with van der Waals surface area (Å²) in [6.45, 7) is 2.07. The second kappa shape index (κ2) is 8.13. The summed E-state index contributed by atoms with van der Waals surface area (Å²) in [5, 5.41) is 11.5. The summed E-state index contributed by atoms with van der Waals surface area (Å²) >= 11 is 0. The van der Waals surface area contributed by atoms with Crippen molar-refractivity contribution in [1.82, 2.24) is 29.9 Å². The van der Waals surface area contributed by atoms with E-state index in [0.717, 1.165) is 31.7 Å². The Kier molecular flexibility index (Phi) is 5.26. The molecule has 8 nitrogen and oxygen atoms in total. The van der Waals surface area contributed by atoms with E-state index in [4.69, 9.17) is 0 Å². The molecule has 1 aliphatic heterocycles. The second-order valence-corrected chi connectivity index (χ2v) is 8.36. The van der Waals surface area contributed by atoms with E-state index in [-0.39, 0.29) is 29.9 Å². The average Bonchev–Trinajstić information content (AvgIpc) is 3.55. The van der Waals surface area contributed by atoms with E-state index in [1.54, 1.807) is 24.5 Å². The minimum absolute atomic E-state index is 0.0953. The first-order valence-corrected chi connectivity index (χ1v) is 10.8. The summed E-state index contributed by atoms with van der Waals surface area (Å²) in [4.78, 5) is 24.5. The van der Waals surface area contributed by atoms with Gasteiger partial charge in [0, 0.05) is 12.1 Å². The Labute approximate surface area is 187 Å². The first-order chi connectivity index (χ1) is 15.9. The molecule has 1 saturated carbocycles. The van der Waals surface area contributed by atoms with Crippen LogP contribution in [0.2, 0.25) is 0 Å². The molecule has 2 aliphatic rings. The largest absolute Gasteiger partial charge is 0.434 e. The molecule has 1 amide bonds. The van der Waals surface area contributed by atoms with Gasteiger partial charge >= 0.3 is 6.18 Å². The molecule has 4 atom stereocenters. The van der Waals surface area contributed by atoms with Crippen LogP contribution in [0.3, 0.4) is 0 Å². The van der Waals surface area contributed by atoms with Crippen LogP contribution in [0.15, 0.2) is 49.1 Å². The number of hydrogen-bond acceptors (Lipinski definition) is 6. The number of hydrogen-bond donors (Lipinski definition) is 1. The van der Waals surface area contributed by atoms with Crippen LogP contribution in [0.25, 0.3) is 5.69 Å². The highest BCUT2D eigenvalue weighted by molar-refractivity contribution is 5.98. The van der Waals surface area contributed by atoms with Gasteiger partial charge in [0.1, 0.15) is 5.82 Å². The molecule has 1 aromatic carbocycles. The normalized spacial score (nSPS) is 24.3. The number of para-hydroxylation sites is 1. The van der Waals surface area contributed by atoms with Crippen molar-refractivity contribution >= 4 is 11.7 Å². The molecule has 1 N–H and O–H groups in total. The first kappa shape index (κ1) is 21.4. The Hall–Kier alpha value is -3.50. The summed E-state index contributed by atoms with van der Waals surface area (Å²) in [6.07, 6.45) is 2.86. The van der Waals surface area contributed by atoms with Crippen molar-refractivity contribution in [2.45, 2.75) is 50.5 Å². The number of nitrogens with one attached hydrogen (secondary N) is 1. The lowest BCUT2D eigenvalue weighted by molar-refractivity contribution is -0.141. The highest BCUT2D eigenvalue weighted by Crippen LogP contribution is 2.45. The quantitative estimate of drug-likeness (QED) is 0.630. The third kappa shape index (κ3) is 3.81. The SMILES string of the molecule is CC[C@@H]1[C@@H]2C[C@@H](Nc3cnc(C(F)(F)F)cn3)[C@H](C2)N1C(=O)c1ccccc1-n1nccn1. The number of rotatable bonds is 5. The maximum absolute atomic E-state index is 13.8. The van der Waals surface area contributed by atoms with E-state index in [1.807, 2.05) is 17.0 Å². The maximum atomic E-state index is 13.8. The highest BCUT2D eigenvalue weighted by atomic mass is 19.4. The van der Waals surface area contributed by atoms with Gasteiger partial charge in [-0.25, -0.2) is 9.97 Å². The lowest BCUT2D eigenvalue weighted by Gasteiger charge is -2.40. The number of aromatic nitrogens is 5. The molecule has 3 heterocycles. The number of carbonyl (C=O) groups is 1. The molecule has 0 unspecified atom stereocenters. The third-order valence-corrected chi connectivity index (χ3v) is 6.52. The molecule has 0 radical (unpaired) electrons. The number of anilines is 1. The second-order valence-electron chi connectivity index (χ2n) is 8.36. The molecule has 11 heteroatoms. The van der Waals surface area contributed by atoms with Crippen LogP contribution < -0.4 is 5.32 Å². The fraction of sp³-hybridized carbons (Fsp3) is 0.409. The molecular weight excluding hydrogens is 435 g/mol. The lowest BCUT2D eigenvalue weighted by Crippen LogP contribution is -2.52. The summed E-state index contributed by atoms with van der Waals surface area (Å²) < 4.78 is 38.4. The topological polar surface area (TPSA) is 88.8 Å². The number of benzene rings is 1. The minimum atomic E-state index is -4.54. The number of carbonyl (C=O) groups excluding carboxylic acids is 1. The van der Waals surface area contributed by atoms with E-state index in [1.165, 1.54) is 4.80 Å². The highest BCUT2D eigenvalue weighted by Gasteiger charge is 2.52. The van der Waals surface area contributed by atoms with Gasteiger partial charge in [-0.05, 0) is 37.3 Å². The van der Waals surface area contributed by atoms with Crippen LogP contribution in [-0.2, 0) is 6.18 Å². The van der Waals surface area contributed by atoms with Gasteiger partial charge in [0.15, 0.2) is 5.69 Å². The number of halogens is 3. The predicted molar refractivity (Wildman–Crippen MR) is 113 cm³/mol. The van der Waals surface area contributed by atoms with Crippen LogP contribution in [0.5, 0.6) is 0 Å². The Morgan fingerprint density at radius 3 is 2.55 bits per heavy atom. The van der Waals surface area contributed by atoms with E-state index in [0.29, 0.717) is 17.2 Å². The van der Waals surface area contributed by atoms with Gasteiger partial charge in [-0.15, -0.1) is 0 Å². The van der Waals surface area contributed by atoms with Crippen LogP contribution >= 0.6 is 0 Å². The van der Waals surface area contributed by atoms with Crippen LogP contribution in [0, 0.1) is 5.92 Å². The lowest BCUT2D eigenvalue weighted by atomic mass is 9.93. The number of nitrogens with zero attached hydrogens (tertiary/aromatic N) is 6. The van der Waals surface area contributed by atoms with Crippen molar-refractivity contribution in [3.63, 3.8) is 0 Å². The van der Waals surface area contributed by atoms with Crippen molar-refractivity contribution < 1.29 is 18.0 Å². The zero-order chi connectivity index (χ0) is 23.2. The van der Waals surface area contributed by atoms with Crippen LogP contribution in [0.1, 0.15) is 42.2 Å². The Bertz CT molecular complexity index is 1130. The van der Waals surface area contributed by atoms with Gasteiger partial charge < -0.3 is 10.2 Å². The van der Waals surface area contributed by atoms with Gasteiger partial charge in [0.2, 0.25) is 0 Å². The molecule has 1 saturated heterocycles. The van der Waals surface area contributed by atoms with Gasteiger partial charge in [-0.1, -0.05) is 19.1 Å². The number of piperidine rings is 1. The van der Waals surface area contributed by atoms with E-state index in [9.17, 15) is 18.0 Å². The summed E-state index contributed by atoms with van der Waals surface area (Å²) in [7, 11) is 0. The minimum Gasteiger partial charge on any atom is -0.364 e. The first-order valence-electron chi connectivity index (χ1n) is 10.8. The summed E-state index contributed by atoms with van der Waals surface area (Å²) in [5.74, 6) is 0.466. The number of likely N-dealkylation sites (tertiary alicyclic amines) is 1. The fourth-order valence-corrected chi connectivity index (χ4v) is 5.18. The van der Waals surface area contributed by atoms with Crippen molar-refractivity contribution in [2.75, 3.05) is 5.32 Å². The molecule has 2 aromatic heterocycles. The van der Waals surface area contributed by atoms with Gasteiger partial charge in [-0.3, -0.25) is 4.79 Å². The number of amides is 1. The van der Waals surface area contributed by atoms with Crippen molar-refractivity contribution in [3.8, 4) is 5.69 Å². The molecule has 2 fully saturated rings.